The molecular weight excluding hydrogens is 281 g/mol. The van der Waals surface area contributed by atoms with E-state index in [1.807, 2.05) is 19.0 Å². The van der Waals surface area contributed by atoms with Gasteiger partial charge in [0.2, 0.25) is 10.0 Å². The van der Waals surface area contributed by atoms with Gasteiger partial charge in [0.15, 0.2) is 0 Å². The normalized spacial score (nSPS) is 13.7. The zero-order valence-corrected chi connectivity index (χ0v) is 13.1. The van der Waals surface area contributed by atoms with Crippen LogP contribution in [-0.4, -0.2) is 40.0 Å². The van der Waals surface area contributed by atoms with Gasteiger partial charge >= 0.3 is 0 Å². The Balaban J connectivity index is 2.94. The predicted octanol–water partition coefficient (Wildman–Crippen LogP) is 1.33. The summed E-state index contributed by atoms with van der Waals surface area (Å²) in [6.07, 6.45) is 0.663. The molecule has 20 heavy (non-hydrogen) atoms. The summed E-state index contributed by atoms with van der Waals surface area (Å²) in [6.45, 7) is 3.96. The SMILES string of the molecule is Cc1c(F)cc(N)cc1S(=O)(=O)NC(C)CCN(C)C. The van der Waals surface area contributed by atoms with E-state index in [4.69, 9.17) is 5.73 Å². The Morgan fingerprint density at radius 2 is 2.00 bits per heavy atom. The van der Waals surface area contributed by atoms with Gasteiger partial charge in [0, 0.05) is 17.3 Å². The highest BCUT2D eigenvalue weighted by Crippen LogP contribution is 2.22. The maximum absolute atomic E-state index is 13.6. The third-order valence-electron chi connectivity index (χ3n) is 2.97. The van der Waals surface area contributed by atoms with Crippen LogP contribution in [0, 0.1) is 12.7 Å². The molecule has 7 heteroatoms. The zero-order valence-electron chi connectivity index (χ0n) is 12.3. The molecule has 0 aliphatic heterocycles. The molecule has 0 aliphatic carbocycles. The molecule has 0 heterocycles. The Hall–Kier alpha value is -1.18. The predicted molar refractivity (Wildman–Crippen MR) is 78.5 cm³/mol. The highest BCUT2D eigenvalue weighted by molar-refractivity contribution is 7.89. The van der Waals surface area contributed by atoms with E-state index >= 15 is 0 Å². The molecule has 1 rings (SSSR count). The van der Waals surface area contributed by atoms with Gasteiger partial charge in [0.25, 0.3) is 0 Å². The fourth-order valence-corrected chi connectivity index (χ4v) is 3.36. The van der Waals surface area contributed by atoms with E-state index < -0.39 is 15.8 Å². The second kappa shape index (κ2) is 6.51. The number of sulfonamides is 1. The number of anilines is 1. The Bertz CT molecular complexity index is 573. The first-order chi connectivity index (χ1) is 9.13. The van der Waals surface area contributed by atoms with Crippen molar-refractivity contribution >= 4 is 15.7 Å². The lowest BCUT2D eigenvalue weighted by molar-refractivity contribution is 0.379. The number of nitrogens with zero attached hydrogens (tertiary/aromatic N) is 1. The molecular formula is C13H22FN3O2S. The zero-order chi connectivity index (χ0) is 15.5. The summed E-state index contributed by atoms with van der Waals surface area (Å²) in [7, 11) is 0.0590. The fraction of sp³-hybridized carbons (Fsp3) is 0.538. The summed E-state index contributed by atoms with van der Waals surface area (Å²) < 4.78 is 40.7. The van der Waals surface area contributed by atoms with Crippen LogP contribution in [-0.2, 0) is 10.0 Å². The molecule has 1 atom stereocenters. The van der Waals surface area contributed by atoms with Crippen LogP contribution < -0.4 is 10.5 Å². The number of hydrogen-bond donors (Lipinski definition) is 2. The molecule has 0 amide bonds. The van der Waals surface area contributed by atoms with Crippen LogP contribution in [0.4, 0.5) is 10.1 Å². The number of nitrogen functional groups attached to an aromatic ring is 1. The van der Waals surface area contributed by atoms with Crippen molar-refractivity contribution in [1.29, 1.82) is 0 Å². The minimum Gasteiger partial charge on any atom is -0.399 e. The molecule has 0 bridgehead atoms. The Morgan fingerprint density at radius 3 is 2.55 bits per heavy atom. The Kier molecular flexibility index (Phi) is 5.50. The maximum Gasteiger partial charge on any atom is 0.241 e. The summed E-state index contributed by atoms with van der Waals surface area (Å²) in [5, 5.41) is 0. The third kappa shape index (κ3) is 4.43. The third-order valence-corrected chi connectivity index (χ3v) is 4.69. The molecule has 0 aromatic heterocycles. The lowest BCUT2D eigenvalue weighted by Gasteiger charge is -2.18. The average Bonchev–Trinajstić information content (AvgIpc) is 2.30. The van der Waals surface area contributed by atoms with Crippen molar-refractivity contribution in [2.45, 2.75) is 31.2 Å². The largest absolute Gasteiger partial charge is 0.399 e. The van der Waals surface area contributed by atoms with Crippen LogP contribution in [0.15, 0.2) is 17.0 Å². The highest BCUT2D eigenvalue weighted by Gasteiger charge is 2.21. The summed E-state index contributed by atoms with van der Waals surface area (Å²) in [5.41, 5.74) is 5.68. The second-order valence-corrected chi connectivity index (χ2v) is 6.92. The van der Waals surface area contributed by atoms with Gasteiger partial charge in [-0.25, -0.2) is 17.5 Å². The maximum atomic E-state index is 13.6. The second-order valence-electron chi connectivity index (χ2n) is 5.24. The van der Waals surface area contributed by atoms with Gasteiger partial charge in [0.1, 0.15) is 5.82 Å². The number of nitrogens with two attached hydrogens (primary N) is 1. The first kappa shape index (κ1) is 16.9. The molecule has 0 fully saturated rings. The average molecular weight is 303 g/mol. The number of rotatable bonds is 6. The van der Waals surface area contributed by atoms with Crippen molar-refractivity contribution in [3.8, 4) is 0 Å². The smallest absolute Gasteiger partial charge is 0.241 e. The molecule has 0 radical (unpaired) electrons. The quantitative estimate of drug-likeness (QED) is 0.778. The van der Waals surface area contributed by atoms with E-state index in [0.29, 0.717) is 6.42 Å². The van der Waals surface area contributed by atoms with E-state index in [0.717, 1.165) is 12.6 Å². The van der Waals surface area contributed by atoms with Crippen LogP contribution in [0.25, 0.3) is 0 Å². The first-order valence-corrected chi connectivity index (χ1v) is 7.84. The lowest BCUT2D eigenvalue weighted by Crippen LogP contribution is -2.35. The van der Waals surface area contributed by atoms with Gasteiger partial charge in [-0.2, -0.15) is 0 Å². The number of halogens is 1. The van der Waals surface area contributed by atoms with Crippen LogP contribution in [0.5, 0.6) is 0 Å². The Labute approximate surface area is 120 Å². The van der Waals surface area contributed by atoms with E-state index in [1.165, 1.54) is 13.0 Å². The van der Waals surface area contributed by atoms with Crippen molar-refractivity contribution < 1.29 is 12.8 Å². The first-order valence-electron chi connectivity index (χ1n) is 6.36. The molecule has 0 saturated heterocycles. The van der Waals surface area contributed by atoms with Crippen LogP contribution in [0.3, 0.4) is 0 Å². The molecule has 1 aromatic rings. The van der Waals surface area contributed by atoms with E-state index in [2.05, 4.69) is 4.72 Å². The summed E-state index contributed by atoms with van der Waals surface area (Å²) in [5.74, 6) is -0.619. The topological polar surface area (TPSA) is 75.4 Å². The van der Waals surface area contributed by atoms with Gasteiger partial charge in [-0.3, -0.25) is 0 Å². The number of hydrogen-bond acceptors (Lipinski definition) is 4. The van der Waals surface area contributed by atoms with Gasteiger partial charge in [-0.15, -0.1) is 0 Å². The van der Waals surface area contributed by atoms with Gasteiger partial charge in [0.05, 0.1) is 4.90 Å². The molecule has 0 aliphatic rings. The molecule has 0 spiro atoms. The minimum atomic E-state index is -3.77. The highest BCUT2D eigenvalue weighted by atomic mass is 32.2. The van der Waals surface area contributed by atoms with Crippen molar-refractivity contribution in [2.75, 3.05) is 26.4 Å². The van der Waals surface area contributed by atoms with E-state index in [9.17, 15) is 12.8 Å². The van der Waals surface area contributed by atoms with Crippen LogP contribution in [0.1, 0.15) is 18.9 Å². The summed E-state index contributed by atoms with van der Waals surface area (Å²) in [6, 6.07) is 2.15. The van der Waals surface area contributed by atoms with E-state index in [1.54, 1.807) is 6.92 Å². The van der Waals surface area contributed by atoms with Crippen LogP contribution in [0.2, 0.25) is 0 Å². The molecule has 1 aromatic carbocycles. The fourth-order valence-electron chi connectivity index (χ4n) is 1.79. The molecule has 114 valence electrons. The molecule has 3 N–H and O–H groups in total. The van der Waals surface area contributed by atoms with Gasteiger partial charge in [-0.05, 0) is 53.0 Å². The summed E-state index contributed by atoms with van der Waals surface area (Å²) in [4.78, 5) is 1.86. The van der Waals surface area contributed by atoms with Gasteiger partial charge < -0.3 is 10.6 Å². The lowest BCUT2D eigenvalue weighted by atomic mass is 10.2. The van der Waals surface area contributed by atoms with Crippen molar-refractivity contribution in [3.05, 3.63) is 23.5 Å². The minimum absolute atomic E-state index is 0.0755. The summed E-state index contributed by atoms with van der Waals surface area (Å²) >= 11 is 0. The number of benzene rings is 1. The number of nitrogens with one attached hydrogen (secondary N) is 1. The van der Waals surface area contributed by atoms with Crippen LogP contribution >= 0.6 is 0 Å². The Morgan fingerprint density at radius 1 is 1.40 bits per heavy atom. The van der Waals surface area contributed by atoms with Crippen molar-refractivity contribution in [1.82, 2.24) is 9.62 Å². The molecule has 1 unspecified atom stereocenters. The monoisotopic (exact) mass is 303 g/mol. The standard InChI is InChI=1S/C13H22FN3O2S/c1-9(5-6-17(3)4)16-20(18,19)13-8-11(15)7-12(14)10(13)2/h7-9,16H,5-6,15H2,1-4H3. The molecule has 5 nitrogen and oxygen atoms in total. The van der Waals surface area contributed by atoms with Crippen molar-refractivity contribution in [2.24, 2.45) is 0 Å². The van der Waals surface area contributed by atoms with E-state index in [-0.39, 0.29) is 22.2 Å². The van der Waals surface area contributed by atoms with Gasteiger partial charge in [-0.1, -0.05) is 0 Å². The molecule has 0 saturated carbocycles. The van der Waals surface area contributed by atoms with Crippen molar-refractivity contribution in [3.63, 3.8) is 0 Å².